The van der Waals surface area contributed by atoms with Crippen molar-refractivity contribution in [2.45, 2.75) is 12.8 Å². The summed E-state index contributed by atoms with van der Waals surface area (Å²) in [5, 5.41) is 8.12. The second kappa shape index (κ2) is 9.01. The summed E-state index contributed by atoms with van der Waals surface area (Å²) in [5.74, 6) is 1.37. The van der Waals surface area contributed by atoms with E-state index in [1.807, 2.05) is 41.8 Å². The number of amides is 1. The monoisotopic (exact) mass is 367 g/mol. The SMILES string of the molecule is COc1ccc(CCNc2ccc(NC(=O)Cc3cccs3)nc2)cc1. The minimum absolute atomic E-state index is 0.0554. The number of anilines is 2. The van der Waals surface area contributed by atoms with Gasteiger partial charge in [-0.2, -0.15) is 0 Å². The second-order valence-corrected chi connectivity index (χ2v) is 6.79. The lowest BCUT2D eigenvalue weighted by molar-refractivity contribution is -0.115. The molecule has 1 amide bonds. The number of pyridine rings is 1. The van der Waals surface area contributed by atoms with E-state index >= 15 is 0 Å². The molecule has 0 aliphatic carbocycles. The molecule has 0 atom stereocenters. The van der Waals surface area contributed by atoms with Gasteiger partial charge in [-0.05, 0) is 47.7 Å². The first-order chi connectivity index (χ1) is 12.7. The molecule has 2 aromatic heterocycles. The van der Waals surface area contributed by atoms with Crippen LogP contribution >= 0.6 is 11.3 Å². The molecule has 2 heterocycles. The third-order valence-electron chi connectivity index (χ3n) is 3.85. The average molecular weight is 367 g/mol. The van der Waals surface area contributed by atoms with Gasteiger partial charge in [0.05, 0.1) is 25.4 Å². The number of rotatable bonds is 8. The Bertz CT molecular complexity index is 815. The highest BCUT2D eigenvalue weighted by atomic mass is 32.1. The Hall–Kier alpha value is -2.86. The number of nitrogens with one attached hydrogen (secondary N) is 2. The van der Waals surface area contributed by atoms with E-state index < -0.39 is 0 Å². The van der Waals surface area contributed by atoms with Crippen molar-refractivity contribution in [3.63, 3.8) is 0 Å². The van der Waals surface area contributed by atoms with Gasteiger partial charge in [-0.25, -0.2) is 4.98 Å². The topological polar surface area (TPSA) is 63.2 Å². The Balaban J connectivity index is 1.44. The summed E-state index contributed by atoms with van der Waals surface area (Å²) in [6.45, 7) is 0.804. The van der Waals surface area contributed by atoms with Crippen molar-refractivity contribution in [1.82, 2.24) is 4.98 Å². The number of nitrogens with zero attached hydrogens (tertiary/aromatic N) is 1. The molecule has 3 rings (SSSR count). The summed E-state index contributed by atoms with van der Waals surface area (Å²) in [6, 6.07) is 15.7. The van der Waals surface area contributed by atoms with E-state index in [2.05, 4.69) is 27.8 Å². The standard InChI is InChI=1S/C20H21N3O2S/c1-25-17-7-4-15(5-8-17)10-11-21-16-6-9-19(22-14-16)23-20(24)13-18-3-2-12-26-18/h2-9,12,14,21H,10-11,13H2,1H3,(H,22,23,24). The quantitative estimate of drug-likeness (QED) is 0.632. The van der Waals surface area contributed by atoms with Crippen LogP contribution in [0.5, 0.6) is 5.75 Å². The Morgan fingerprint density at radius 3 is 2.65 bits per heavy atom. The number of benzene rings is 1. The zero-order chi connectivity index (χ0) is 18.2. The summed E-state index contributed by atoms with van der Waals surface area (Å²) in [4.78, 5) is 17.3. The van der Waals surface area contributed by atoms with Gasteiger partial charge in [0.15, 0.2) is 0 Å². The minimum Gasteiger partial charge on any atom is -0.497 e. The number of thiophene rings is 1. The molecule has 0 radical (unpaired) electrons. The molecular formula is C20H21N3O2S. The average Bonchev–Trinajstić information content (AvgIpc) is 3.16. The number of carbonyl (C=O) groups excluding carboxylic acids is 1. The van der Waals surface area contributed by atoms with Gasteiger partial charge >= 0.3 is 0 Å². The van der Waals surface area contributed by atoms with Gasteiger partial charge in [0, 0.05) is 11.4 Å². The van der Waals surface area contributed by atoms with Crippen molar-refractivity contribution in [3.8, 4) is 5.75 Å². The van der Waals surface area contributed by atoms with Gasteiger partial charge in [0.25, 0.3) is 0 Å². The van der Waals surface area contributed by atoms with Crippen molar-refractivity contribution in [2.24, 2.45) is 0 Å². The number of carbonyl (C=O) groups is 1. The van der Waals surface area contributed by atoms with Crippen LogP contribution in [0.2, 0.25) is 0 Å². The first kappa shape index (κ1) is 17.9. The van der Waals surface area contributed by atoms with Gasteiger partial charge in [0.1, 0.15) is 11.6 Å². The maximum absolute atomic E-state index is 12.0. The molecule has 0 bridgehead atoms. The Morgan fingerprint density at radius 2 is 2.00 bits per heavy atom. The highest BCUT2D eigenvalue weighted by Gasteiger charge is 2.05. The molecule has 0 fully saturated rings. The van der Waals surface area contributed by atoms with Crippen LogP contribution in [-0.4, -0.2) is 24.5 Å². The lowest BCUT2D eigenvalue weighted by Crippen LogP contribution is -2.14. The van der Waals surface area contributed by atoms with Gasteiger partial charge in [-0.15, -0.1) is 11.3 Å². The van der Waals surface area contributed by atoms with Crippen LogP contribution in [-0.2, 0) is 17.6 Å². The van der Waals surface area contributed by atoms with Crippen molar-refractivity contribution >= 4 is 28.7 Å². The summed E-state index contributed by atoms with van der Waals surface area (Å²) in [6.07, 6.45) is 3.01. The van der Waals surface area contributed by atoms with Gasteiger partial charge in [-0.1, -0.05) is 18.2 Å². The summed E-state index contributed by atoms with van der Waals surface area (Å²) < 4.78 is 5.16. The largest absolute Gasteiger partial charge is 0.497 e. The van der Waals surface area contributed by atoms with Gasteiger partial charge in [-0.3, -0.25) is 4.79 Å². The predicted octanol–water partition coefficient (Wildman–Crippen LogP) is 3.99. The van der Waals surface area contributed by atoms with E-state index in [-0.39, 0.29) is 5.91 Å². The van der Waals surface area contributed by atoms with E-state index in [0.717, 1.165) is 29.3 Å². The van der Waals surface area contributed by atoms with E-state index in [1.54, 1.807) is 24.6 Å². The molecule has 5 nitrogen and oxygen atoms in total. The fraction of sp³-hybridized carbons (Fsp3) is 0.200. The Morgan fingerprint density at radius 1 is 1.15 bits per heavy atom. The second-order valence-electron chi connectivity index (χ2n) is 5.76. The van der Waals surface area contributed by atoms with Crippen LogP contribution in [0.1, 0.15) is 10.4 Å². The summed E-state index contributed by atoms with van der Waals surface area (Å²) >= 11 is 1.58. The maximum atomic E-state index is 12.0. The van der Waals surface area contributed by atoms with Crippen molar-refractivity contribution in [3.05, 3.63) is 70.5 Å². The third-order valence-corrected chi connectivity index (χ3v) is 4.72. The number of ether oxygens (including phenoxy) is 1. The van der Waals surface area contributed by atoms with Crippen LogP contribution < -0.4 is 15.4 Å². The zero-order valence-electron chi connectivity index (χ0n) is 14.6. The fourth-order valence-electron chi connectivity index (χ4n) is 2.47. The smallest absolute Gasteiger partial charge is 0.230 e. The van der Waals surface area contributed by atoms with Crippen molar-refractivity contribution in [2.75, 3.05) is 24.3 Å². The lowest BCUT2D eigenvalue weighted by Gasteiger charge is -2.08. The number of aromatic nitrogens is 1. The zero-order valence-corrected chi connectivity index (χ0v) is 15.4. The van der Waals surface area contributed by atoms with Crippen LogP contribution in [0.15, 0.2) is 60.1 Å². The van der Waals surface area contributed by atoms with Crippen LogP contribution in [0.4, 0.5) is 11.5 Å². The number of methoxy groups -OCH3 is 1. The molecule has 0 aliphatic heterocycles. The van der Waals surface area contributed by atoms with Crippen molar-refractivity contribution < 1.29 is 9.53 Å². The summed E-state index contributed by atoms with van der Waals surface area (Å²) in [7, 11) is 1.66. The first-order valence-electron chi connectivity index (χ1n) is 8.38. The molecule has 0 spiro atoms. The normalized spacial score (nSPS) is 10.3. The molecule has 0 aliphatic rings. The molecular weight excluding hydrogens is 346 g/mol. The number of hydrogen-bond acceptors (Lipinski definition) is 5. The fourth-order valence-corrected chi connectivity index (χ4v) is 3.18. The Kier molecular flexibility index (Phi) is 6.22. The van der Waals surface area contributed by atoms with Crippen LogP contribution in [0.25, 0.3) is 0 Å². The van der Waals surface area contributed by atoms with Crippen LogP contribution in [0, 0.1) is 0 Å². The molecule has 2 N–H and O–H groups in total. The van der Waals surface area contributed by atoms with E-state index in [4.69, 9.17) is 4.74 Å². The van der Waals surface area contributed by atoms with E-state index in [0.29, 0.717) is 12.2 Å². The highest BCUT2D eigenvalue weighted by Crippen LogP contribution is 2.14. The molecule has 134 valence electrons. The predicted molar refractivity (Wildman–Crippen MR) is 106 cm³/mol. The molecule has 1 aromatic carbocycles. The molecule has 0 saturated carbocycles. The Labute approximate surface area is 157 Å². The third kappa shape index (κ3) is 5.32. The molecule has 0 saturated heterocycles. The summed E-state index contributed by atoms with van der Waals surface area (Å²) in [5.41, 5.74) is 2.17. The first-order valence-corrected chi connectivity index (χ1v) is 9.26. The van der Waals surface area contributed by atoms with E-state index in [9.17, 15) is 4.79 Å². The van der Waals surface area contributed by atoms with Gasteiger partial charge in [0.2, 0.25) is 5.91 Å². The molecule has 6 heteroatoms. The lowest BCUT2D eigenvalue weighted by atomic mass is 10.1. The van der Waals surface area contributed by atoms with Crippen LogP contribution in [0.3, 0.4) is 0 Å². The van der Waals surface area contributed by atoms with Gasteiger partial charge < -0.3 is 15.4 Å². The number of hydrogen-bond donors (Lipinski definition) is 2. The molecule has 0 unspecified atom stereocenters. The molecule has 3 aromatic rings. The van der Waals surface area contributed by atoms with E-state index in [1.165, 1.54) is 5.56 Å². The minimum atomic E-state index is -0.0554. The maximum Gasteiger partial charge on any atom is 0.230 e. The highest BCUT2D eigenvalue weighted by molar-refractivity contribution is 7.10. The van der Waals surface area contributed by atoms with Crippen molar-refractivity contribution in [1.29, 1.82) is 0 Å². The molecule has 26 heavy (non-hydrogen) atoms.